The number of rotatable bonds is 3. The highest BCUT2D eigenvalue weighted by Crippen LogP contribution is 2.08. The molecule has 1 rings (SSSR count). The molecule has 0 aliphatic carbocycles. The molecule has 3 heteroatoms. The minimum absolute atomic E-state index is 0.0396. The molecule has 0 fully saturated rings. The van der Waals surface area contributed by atoms with Crippen LogP contribution in [0.3, 0.4) is 0 Å². The Morgan fingerprint density at radius 3 is 3.00 bits per heavy atom. The summed E-state index contributed by atoms with van der Waals surface area (Å²) in [4.78, 5) is 10.7. The van der Waals surface area contributed by atoms with Crippen LogP contribution in [-0.4, -0.2) is 11.9 Å². The fourth-order valence-corrected chi connectivity index (χ4v) is 1.84. The second-order valence-corrected chi connectivity index (χ2v) is 3.72. The van der Waals surface area contributed by atoms with Crippen LogP contribution in [0.25, 0.3) is 0 Å². The SMILES string of the molecule is CC(=O)NC(C)Cc1ccsc1. The van der Waals surface area contributed by atoms with E-state index < -0.39 is 0 Å². The minimum atomic E-state index is 0.0396. The van der Waals surface area contributed by atoms with Crippen molar-refractivity contribution in [1.29, 1.82) is 0 Å². The zero-order chi connectivity index (χ0) is 8.97. The van der Waals surface area contributed by atoms with E-state index in [9.17, 15) is 4.79 Å². The van der Waals surface area contributed by atoms with Crippen LogP contribution in [0.2, 0.25) is 0 Å². The molecule has 1 N–H and O–H groups in total. The van der Waals surface area contributed by atoms with Gasteiger partial charge in [0, 0.05) is 13.0 Å². The van der Waals surface area contributed by atoms with Crippen LogP contribution >= 0.6 is 11.3 Å². The third-order valence-electron chi connectivity index (χ3n) is 1.57. The van der Waals surface area contributed by atoms with Gasteiger partial charge in [-0.3, -0.25) is 4.79 Å². The molecular weight excluding hydrogens is 170 g/mol. The zero-order valence-electron chi connectivity index (χ0n) is 7.33. The quantitative estimate of drug-likeness (QED) is 0.761. The zero-order valence-corrected chi connectivity index (χ0v) is 8.15. The maximum absolute atomic E-state index is 10.7. The number of hydrogen-bond donors (Lipinski definition) is 1. The molecule has 0 saturated heterocycles. The van der Waals surface area contributed by atoms with E-state index in [0.29, 0.717) is 0 Å². The summed E-state index contributed by atoms with van der Waals surface area (Å²) in [5, 5.41) is 7.01. The van der Waals surface area contributed by atoms with Crippen LogP contribution in [0.15, 0.2) is 16.8 Å². The van der Waals surface area contributed by atoms with E-state index in [1.54, 1.807) is 18.3 Å². The molecule has 1 aromatic heterocycles. The number of thiophene rings is 1. The van der Waals surface area contributed by atoms with Crippen LogP contribution in [0.4, 0.5) is 0 Å². The Morgan fingerprint density at radius 1 is 1.75 bits per heavy atom. The summed E-state index contributed by atoms with van der Waals surface area (Å²) < 4.78 is 0. The van der Waals surface area contributed by atoms with Gasteiger partial charge in [-0.2, -0.15) is 11.3 Å². The number of carbonyl (C=O) groups excluding carboxylic acids is 1. The second-order valence-electron chi connectivity index (χ2n) is 2.94. The van der Waals surface area contributed by atoms with Gasteiger partial charge in [-0.1, -0.05) is 0 Å². The summed E-state index contributed by atoms with van der Waals surface area (Å²) in [6.45, 7) is 3.56. The van der Waals surface area contributed by atoms with E-state index in [1.807, 2.05) is 6.92 Å². The lowest BCUT2D eigenvalue weighted by molar-refractivity contribution is -0.119. The molecule has 1 unspecified atom stereocenters. The van der Waals surface area contributed by atoms with E-state index in [0.717, 1.165) is 6.42 Å². The van der Waals surface area contributed by atoms with Crippen molar-refractivity contribution in [3.8, 4) is 0 Å². The average Bonchev–Trinajstić information content (AvgIpc) is 2.37. The van der Waals surface area contributed by atoms with Gasteiger partial charge in [-0.15, -0.1) is 0 Å². The van der Waals surface area contributed by atoms with Crippen molar-refractivity contribution in [3.05, 3.63) is 22.4 Å². The van der Waals surface area contributed by atoms with Crippen molar-refractivity contribution in [2.75, 3.05) is 0 Å². The van der Waals surface area contributed by atoms with Crippen LogP contribution in [-0.2, 0) is 11.2 Å². The molecule has 12 heavy (non-hydrogen) atoms. The first-order chi connectivity index (χ1) is 5.68. The predicted octanol–water partition coefficient (Wildman–Crippen LogP) is 1.82. The number of amides is 1. The largest absolute Gasteiger partial charge is 0.354 e. The van der Waals surface area contributed by atoms with Crippen molar-refractivity contribution < 1.29 is 4.79 Å². The molecule has 66 valence electrons. The third-order valence-corrected chi connectivity index (χ3v) is 2.30. The van der Waals surface area contributed by atoms with Gasteiger partial charge in [0.15, 0.2) is 0 Å². The van der Waals surface area contributed by atoms with Gasteiger partial charge in [0.1, 0.15) is 0 Å². The lowest BCUT2D eigenvalue weighted by Crippen LogP contribution is -2.31. The van der Waals surface area contributed by atoms with E-state index in [4.69, 9.17) is 0 Å². The topological polar surface area (TPSA) is 29.1 Å². The molecule has 1 heterocycles. The molecule has 1 aromatic rings. The fourth-order valence-electron chi connectivity index (χ4n) is 1.16. The maximum atomic E-state index is 10.7. The molecule has 1 atom stereocenters. The van der Waals surface area contributed by atoms with Crippen LogP contribution in [0, 0.1) is 0 Å². The van der Waals surface area contributed by atoms with E-state index in [-0.39, 0.29) is 11.9 Å². The van der Waals surface area contributed by atoms with E-state index in [1.165, 1.54) is 5.56 Å². The number of carbonyl (C=O) groups is 1. The monoisotopic (exact) mass is 183 g/mol. The van der Waals surface area contributed by atoms with E-state index in [2.05, 4.69) is 22.1 Å². The summed E-state index contributed by atoms with van der Waals surface area (Å²) in [6, 6.07) is 2.32. The first kappa shape index (κ1) is 9.26. The van der Waals surface area contributed by atoms with Crippen LogP contribution < -0.4 is 5.32 Å². The predicted molar refractivity (Wildman–Crippen MR) is 51.3 cm³/mol. The Labute approximate surface area is 76.6 Å². The molecule has 1 amide bonds. The van der Waals surface area contributed by atoms with Crippen LogP contribution in [0.1, 0.15) is 19.4 Å². The molecule has 0 spiro atoms. The molecule has 0 aliphatic heterocycles. The molecular formula is C9H13NOS. The summed E-state index contributed by atoms with van der Waals surface area (Å²) in [5.41, 5.74) is 1.29. The summed E-state index contributed by atoms with van der Waals surface area (Å²) in [7, 11) is 0. The Balaban J connectivity index is 2.36. The maximum Gasteiger partial charge on any atom is 0.217 e. The minimum Gasteiger partial charge on any atom is -0.354 e. The molecule has 0 aliphatic rings. The van der Waals surface area contributed by atoms with Gasteiger partial charge in [0.2, 0.25) is 5.91 Å². The van der Waals surface area contributed by atoms with Crippen molar-refractivity contribution >= 4 is 17.2 Å². The third kappa shape index (κ3) is 3.05. The lowest BCUT2D eigenvalue weighted by atomic mass is 10.1. The molecule has 0 aromatic carbocycles. The molecule has 0 radical (unpaired) electrons. The summed E-state index contributed by atoms with van der Waals surface area (Å²) >= 11 is 1.69. The molecule has 0 bridgehead atoms. The smallest absolute Gasteiger partial charge is 0.217 e. The fraction of sp³-hybridized carbons (Fsp3) is 0.444. The Morgan fingerprint density at radius 2 is 2.50 bits per heavy atom. The summed E-state index contributed by atoms with van der Waals surface area (Å²) in [6.07, 6.45) is 0.920. The van der Waals surface area contributed by atoms with Crippen LogP contribution in [0.5, 0.6) is 0 Å². The highest BCUT2D eigenvalue weighted by atomic mass is 32.1. The van der Waals surface area contributed by atoms with Gasteiger partial charge < -0.3 is 5.32 Å². The number of hydrogen-bond acceptors (Lipinski definition) is 2. The first-order valence-electron chi connectivity index (χ1n) is 3.96. The number of nitrogens with one attached hydrogen (secondary N) is 1. The van der Waals surface area contributed by atoms with Gasteiger partial charge in [0.05, 0.1) is 0 Å². The Kier molecular flexibility index (Phi) is 3.29. The average molecular weight is 183 g/mol. The lowest BCUT2D eigenvalue weighted by Gasteiger charge is -2.10. The van der Waals surface area contributed by atoms with Crippen molar-refractivity contribution in [2.45, 2.75) is 26.3 Å². The first-order valence-corrected chi connectivity index (χ1v) is 4.91. The van der Waals surface area contributed by atoms with Gasteiger partial charge in [-0.25, -0.2) is 0 Å². The second kappa shape index (κ2) is 4.26. The molecule has 0 saturated carbocycles. The van der Waals surface area contributed by atoms with Crippen molar-refractivity contribution in [1.82, 2.24) is 5.32 Å². The Bertz CT molecular complexity index is 243. The normalized spacial score (nSPS) is 12.5. The molecule has 2 nitrogen and oxygen atoms in total. The van der Waals surface area contributed by atoms with Gasteiger partial charge in [0.25, 0.3) is 0 Å². The highest BCUT2D eigenvalue weighted by Gasteiger charge is 2.03. The van der Waals surface area contributed by atoms with Crippen molar-refractivity contribution in [3.63, 3.8) is 0 Å². The van der Waals surface area contributed by atoms with Gasteiger partial charge >= 0.3 is 0 Å². The van der Waals surface area contributed by atoms with Crippen molar-refractivity contribution in [2.24, 2.45) is 0 Å². The highest BCUT2D eigenvalue weighted by molar-refractivity contribution is 7.07. The standard InChI is InChI=1S/C9H13NOS/c1-7(10-8(2)11)5-9-3-4-12-6-9/h3-4,6-7H,5H2,1-2H3,(H,10,11). The Hall–Kier alpha value is -0.830. The summed E-state index contributed by atoms with van der Waals surface area (Å²) in [5.74, 6) is 0.0396. The van der Waals surface area contributed by atoms with E-state index >= 15 is 0 Å². The van der Waals surface area contributed by atoms with Gasteiger partial charge in [-0.05, 0) is 35.7 Å².